The van der Waals surface area contributed by atoms with E-state index in [1.807, 2.05) is 66.9 Å². The van der Waals surface area contributed by atoms with Gasteiger partial charge >= 0.3 is 7.60 Å². The van der Waals surface area contributed by atoms with E-state index in [0.29, 0.717) is 29.4 Å². The standard InChI is InChI=1S/C31H38N5O7P/c1-5-39-44(37,40-6-2)20-38-18-23-25-26(43-31(3,4)42-25)30(41-23)36-19-33-24-28(32-17-21-13-9-7-10-14-21)34-27(35-29(24)36)22-15-11-8-12-16-22/h7-16,19,23,25-26,30H,5-6,17-18,20H2,1-4H3,(H,32,34,35)/t23-,25-,26-,30-/m1/s1. The van der Waals surface area contributed by atoms with Gasteiger partial charge in [0.05, 0.1) is 26.1 Å². The minimum absolute atomic E-state index is 0.0992. The van der Waals surface area contributed by atoms with E-state index in [-0.39, 0.29) is 26.2 Å². The molecule has 2 fully saturated rings. The molecule has 2 saturated heterocycles. The first-order valence-corrected chi connectivity index (χ1v) is 16.6. The molecule has 6 rings (SSSR count). The Labute approximate surface area is 256 Å². The topological polar surface area (TPSA) is 128 Å². The molecule has 1 N–H and O–H groups in total. The van der Waals surface area contributed by atoms with E-state index < -0.39 is 37.9 Å². The molecule has 234 valence electrons. The highest BCUT2D eigenvalue weighted by Gasteiger charge is 2.56. The first-order valence-electron chi connectivity index (χ1n) is 14.8. The van der Waals surface area contributed by atoms with Gasteiger partial charge in [0.1, 0.15) is 24.7 Å². The van der Waals surface area contributed by atoms with Crippen molar-refractivity contribution in [2.75, 3.05) is 31.5 Å². The number of aromatic nitrogens is 4. The summed E-state index contributed by atoms with van der Waals surface area (Å²) in [5.41, 5.74) is 3.18. The molecule has 0 aliphatic carbocycles. The minimum atomic E-state index is -3.38. The fourth-order valence-corrected chi connectivity index (χ4v) is 6.87. The lowest BCUT2D eigenvalue weighted by Gasteiger charge is -2.25. The number of hydrogen-bond donors (Lipinski definition) is 1. The zero-order valence-corrected chi connectivity index (χ0v) is 26.2. The quantitative estimate of drug-likeness (QED) is 0.183. The van der Waals surface area contributed by atoms with Crippen LogP contribution in [0.3, 0.4) is 0 Å². The molecule has 2 aromatic carbocycles. The van der Waals surface area contributed by atoms with Crippen LogP contribution in [0.1, 0.15) is 39.5 Å². The van der Waals surface area contributed by atoms with Crippen molar-refractivity contribution in [2.45, 2.75) is 64.6 Å². The van der Waals surface area contributed by atoms with Crippen LogP contribution in [-0.2, 0) is 39.1 Å². The second kappa shape index (κ2) is 13.0. The van der Waals surface area contributed by atoms with Gasteiger partial charge < -0.3 is 33.3 Å². The van der Waals surface area contributed by atoms with Crippen LogP contribution >= 0.6 is 7.60 Å². The maximum Gasteiger partial charge on any atom is 0.356 e. The van der Waals surface area contributed by atoms with Gasteiger partial charge in [-0.25, -0.2) is 15.0 Å². The second-order valence-electron chi connectivity index (χ2n) is 11.0. The van der Waals surface area contributed by atoms with Crippen molar-refractivity contribution < 1.29 is 32.6 Å². The lowest BCUT2D eigenvalue weighted by atomic mass is 10.1. The average Bonchev–Trinajstić information content (AvgIpc) is 3.68. The second-order valence-corrected chi connectivity index (χ2v) is 13.0. The molecular weight excluding hydrogens is 585 g/mol. The molecule has 2 aliphatic rings. The molecule has 0 amide bonds. The SMILES string of the molecule is CCOP(=O)(COC[C@H]1O[C@@H](n2cnc3c(NCc4ccccc4)nc(-c4ccccc4)nc32)[C@@H]2OC(C)(C)O[C@@H]21)OCC. The maximum absolute atomic E-state index is 12.9. The van der Waals surface area contributed by atoms with E-state index in [1.54, 1.807) is 20.2 Å². The zero-order chi connectivity index (χ0) is 30.7. The monoisotopic (exact) mass is 623 g/mol. The van der Waals surface area contributed by atoms with Gasteiger partial charge in [-0.2, -0.15) is 0 Å². The molecule has 4 aromatic rings. The number of rotatable bonds is 13. The third-order valence-electron chi connectivity index (χ3n) is 7.34. The van der Waals surface area contributed by atoms with Crippen molar-refractivity contribution in [2.24, 2.45) is 0 Å². The van der Waals surface area contributed by atoms with Crippen LogP contribution in [0.15, 0.2) is 67.0 Å². The van der Waals surface area contributed by atoms with Crippen LogP contribution in [0.2, 0.25) is 0 Å². The first kappa shape index (κ1) is 30.8. The lowest BCUT2D eigenvalue weighted by Crippen LogP contribution is -2.33. The summed E-state index contributed by atoms with van der Waals surface area (Å²) >= 11 is 0. The van der Waals surface area contributed by atoms with Crippen LogP contribution in [0.4, 0.5) is 5.82 Å². The van der Waals surface area contributed by atoms with Gasteiger partial charge in [-0.05, 0) is 33.3 Å². The molecule has 0 radical (unpaired) electrons. The Morgan fingerprint density at radius 1 is 0.955 bits per heavy atom. The summed E-state index contributed by atoms with van der Waals surface area (Å²) < 4.78 is 50.5. The summed E-state index contributed by atoms with van der Waals surface area (Å²) in [6, 6.07) is 19.9. The van der Waals surface area contributed by atoms with Gasteiger partial charge in [0.25, 0.3) is 0 Å². The van der Waals surface area contributed by atoms with Gasteiger partial charge in [-0.15, -0.1) is 0 Å². The van der Waals surface area contributed by atoms with Crippen molar-refractivity contribution in [1.29, 1.82) is 0 Å². The van der Waals surface area contributed by atoms with Gasteiger partial charge in [0, 0.05) is 12.1 Å². The van der Waals surface area contributed by atoms with Crippen LogP contribution < -0.4 is 5.32 Å². The van der Waals surface area contributed by atoms with E-state index in [9.17, 15) is 4.57 Å². The normalized spacial score (nSPS) is 22.8. The Bertz CT molecular complexity index is 1590. The molecule has 0 spiro atoms. The number of imidazole rings is 1. The van der Waals surface area contributed by atoms with Crippen molar-refractivity contribution in [1.82, 2.24) is 19.5 Å². The smallest absolute Gasteiger partial charge is 0.356 e. The molecule has 4 atom stereocenters. The molecule has 0 saturated carbocycles. The molecular formula is C31H38N5O7P. The number of nitrogens with one attached hydrogen (secondary N) is 1. The lowest BCUT2D eigenvalue weighted by molar-refractivity contribution is -0.201. The fourth-order valence-electron chi connectivity index (χ4n) is 5.53. The van der Waals surface area contributed by atoms with Gasteiger partial charge in [0.15, 0.2) is 34.8 Å². The van der Waals surface area contributed by atoms with Crippen LogP contribution in [0.5, 0.6) is 0 Å². The van der Waals surface area contributed by atoms with E-state index >= 15 is 0 Å². The molecule has 2 aromatic heterocycles. The minimum Gasteiger partial charge on any atom is -0.366 e. The molecule has 12 nitrogen and oxygen atoms in total. The number of nitrogens with zero attached hydrogens (tertiary/aromatic N) is 4. The van der Waals surface area contributed by atoms with Crippen LogP contribution in [0.25, 0.3) is 22.6 Å². The number of benzene rings is 2. The third kappa shape index (κ3) is 6.57. The summed E-state index contributed by atoms with van der Waals surface area (Å²) in [5.74, 6) is 0.318. The highest BCUT2D eigenvalue weighted by atomic mass is 31.2. The Hall–Kier alpha value is -3.22. The van der Waals surface area contributed by atoms with Gasteiger partial charge in [-0.1, -0.05) is 60.7 Å². The maximum atomic E-state index is 12.9. The third-order valence-corrected chi connectivity index (χ3v) is 9.14. The largest absolute Gasteiger partial charge is 0.366 e. The average molecular weight is 624 g/mol. The van der Waals surface area contributed by atoms with E-state index in [2.05, 4.69) is 17.4 Å². The molecule has 2 aliphatic heterocycles. The molecule has 13 heteroatoms. The van der Waals surface area contributed by atoms with Gasteiger partial charge in [0.2, 0.25) is 0 Å². The summed E-state index contributed by atoms with van der Waals surface area (Å²) in [4.78, 5) is 14.5. The number of fused-ring (bicyclic) bond motifs is 2. The van der Waals surface area contributed by atoms with Crippen molar-refractivity contribution in [3.63, 3.8) is 0 Å². The highest BCUT2D eigenvalue weighted by Crippen LogP contribution is 2.49. The molecule has 0 bridgehead atoms. The molecule has 0 unspecified atom stereocenters. The predicted octanol–water partition coefficient (Wildman–Crippen LogP) is 5.76. The van der Waals surface area contributed by atoms with Crippen molar-refractivity contribution >= 4 is 24.6 Å². The Morgan fingerprint density at radius 3 is 2.34 bits per heavy atom. The van der Waals surface area contributed by atoms with Crippen LogP contribution in [-0.4, -0.2) is 69.8 Å². The first-order chi connectivity index (χ1) is 21.3. The fraction of sp³-hybridized carbons (Fsp3) is 0.452. The molecule has 4 heterocycles. The Balaban J connectivity index is 1.31. The van der Waals surface area contributed by atoms with E-state index in [0.717, 1.165) is 11.1 Å². The van der Waals surface area contributed by atoms with E-state index in [1.165, 1.54) is 0 Å². The Morgan fingerprint density at radius 2 is 1.64 bits per heavy atom. The Kier molecular flexibility index (Phi) is 9.11. The number of anilines is 1. The highest BCUT2D eigenvalue weighted by molar-refractivity contribution is 7.53. The molecule has 44 heavy (non-hydrogen) atoms. The van der Waals surface area contributed by atoms with Crippen molar-refractivity contribution in [3.05, 3.63) is 72.6 Å². The summed E-state index contributed by atoms with van der Waals surface area (Å²) in [7, 11) is -3.38. The van der Waals surface area contributed by atoms with E-state index in [4.69, 9.17) is 42.9 Å². The predicted molar refractivity (Wildman–Crippen MR) is 164 cm³/mol. The summed E-state index contributed by atoms with van der Waals surface area (Å²) in [6.07, 6.45) is -0.563. The van der Waals surface area contributed by atoms with Gasteiger partial charge in [-0.3, -0.25) is 9.13 Å². The number of ether oxygens (including phenoxy) is 4. The summed E-state index contributed by atoms with van der Waals surface area (Å²) in [6.45, 7) is 8.42. The van der Waals surface area contributed by atoms with Crippen molar-refractivity contribution in [3.8, 4) is 11.4 Å². The van der Waals surface area contributed by atoms with Crippen LogP contribution in [0, 0.1) is 0 Å². The summed E-state index contributed by atoms with van der Waals surface area (Å²) in [5, 5.41) is 3.45. The number of hydrogen-bond acceptors (Lipinski definition) is 11. The zero-order valence-electron chi connectivity index (χ0n) is 25.3.